The van der Waals surface area contributed by atoms with Crippen LogP contribution in [0, 0.1) is 0 Å². The van der Waals surface area contributed by atoms with Gasteiger partial charge < -0.3 is 5.32 Å². The van der Waals surface area contributed by atoms with E-state index in [0.717, 1.165) is 23.7 Å². The molecule has 1 aromatic heterocycles. The number of benzene rings is 1. The van der Waals surface area contributed by atoms with Crippen LogP contribution >= 0.6 is 0 Å². The van der Waals surface area contributed by atoms with E-state index in [1.165, 1.54) is 18.4 Å². The standard InChI is InChI=1S/C17H21N3O/c1-12(13-8-4-3-5-9-13)18-17(21)16-14-10-6-7-11-15(14)20(2)19-16/h6-8,10-12H,3-5,9H2,1-2H3,(H,18,21). The van der Waals surface area contributed by atoms with Crippen molar-refractivity contribution in [3.8, 4) is 0 Å². The van der Waals surface area contributed by atoms with Gasteiger partial charge in [0.1, 0.15) is 0 Å². The number of aromatic nitrogens is 2. The van der Waals surface area contributed by atoms with Crippen molar-refractivity contribution in [2.45, 2.75) is 38.6 Å². The highest BCUT2D eigenvalue weighted by atomic mass is 16.2. The van der Waals surface area contributed by atoms with E-state index in [2.05, 4.69) is 23.4 Å². The Morgan fingerprint density at radius 1 is 1.33 bits per heavy atom. The van der Waals surface area contributed by atoms with Crippen molar-refractivity contribution in [1.82, 2.24) is 15.1 Å². The molecule has 3 rings (SSSR count). The zero-order valence-corrected chi connectivity index (χ0v) is 12.6. The largest absolute Gasteiger partial charge is 0.344 e. The molecule has 4 nitrogen and oxygen atoms in total. The Kier molecular flexibility index (Phi) is 3.78. The number of rotatable bonds is 3. The molecule has 110 valence electrons. The number of amides is 1. The molecule has 0 aliphatic heterocycles. The fraction of sp³-hybridized carbons (Fsp3) is 0.412. The van der Waals surface area contributed by atoms with E-state index >= 15 is 0 Å². The van der Waals surface area contributed by atoms with E-state index in [4.69, 9.17) is 0 Å². The van der Waals surface area contributed by atoms with Crippen LogP contribution in [-0.4, -0.2) is 21.7 Å². The van der Waals surface area contributed by atoms with Crippen LogP contribution in [0.4, 0.5) is 0 Å². The molecular weight excluding hydrogens is 262 g/mol. The van der Waals surface area contributed by atoms with Crippen LogP contribution in [0.15, 0.2) is 35.9 Å². The minimum atomic E-state index is -0.0919. The second kappa shape index (κ2) is 5.72. The average Bonchev–Trinajstić information content (AvgIpc) is 2.86. The molecule has 2 aromatic rings. The summed E-state index contributed by atoms with van der Waals surface area (Å²) >= 11 is 0. The number of carbonyl (C=O) groups excluding carboxylic acids is 1. The van der Waals surface area contributed by atoms with Crippen LogP contribution in [0.3, 0.4) is 0 Å². The summed E-state index contributed by atoms with van der Waals surface area (Å²) in [5.74, 6) is -0.0919. The second-order valence-electron chi connectivity index (χ2n) is 5.71. The van der Waals surface area contributed by atoms with Gasteiger partial charge in [-0.25, -0.2) is 0 Å². The fourth-order valence-electron chi connectivity index (χ4n) is 3.00. The fourth-order valence-corrected chi connectivity index (χ4v) is 3.00. The van der Waals surface area contributed by atoms with Gasteiger partial charge in [0.25, 0.3) is 5.91 Å². The minimum absolute atomic E-state index is 0.0820. The predicted octanol–water partition coefficient (Wildman–Crippen LogP) is 3.19. The molecule has 1 aromatic carbocycles. The molecule has 1 heterocycles. The Morgan fingerprint density at radius 2 is 2.14 bits per heavy atom. The maximum absolute atomic E-state index is 12.5. The molecule has 1 aliphatic rings. The normalized spacial score (nSPS) is 16.6. The summed E-state index contributed by atoms with van der Waals surface area (Å²) in [7, 11) is 1.87. The van der Waals surface area contributed by atoms with Crippen molar-refractivity contribution in [3.05, 3.63) is 41.6 Å². The lowest BCUT2D eigenvalue weighted by Gasteiger charge is -2.20. The first kappa shape index (κ1) is 13.9. The maximum atomic E-state index is 12.5. The lowest BCUT2D eigenvalue weighted by Crippen LogP contribution is -2.34. The van der Waals surface area contributed by atoms with E-state index < -0.39 is 0 Å². The van der Waals surface area contributed by atoms with Crippen LogP contribution in [0.5, 0.6) is 0 Å². The number of nitrogens with zero attached hydrogens (tertiary/aromatic N) is 2. The van der Waals surface area contributed by atoms with Gasteiger partial charge in [0.15, 0.2) is 5.69 Å². The molecule has 0 bridgehead atoms. The molecule has 0 saturated heterocycles. The summed E-state index contributed by atoms with van der Waals surface area (Å²) in [4.78, 5) is 12.5. The molecule has 1 unspecified atom stereocenters. The predicted molar refractivity (Wildman–Crippen MR) is 84.2 cm³/mol. The van der Waals surface area contributed by atoms with Crippen LogP contribution in [0.25, 0.3) is 10.9 Å². The van der Waals surface area contributed by atoms with Gasteiger partial charge >= 0.3 is 0 Å². The SMILES string of the molecule is CC(NC(=O)c1nn(C)c2ccccc12)C1=CCCCC1. The molecule has 4 heteroatoms. The molecular formula is C17H21N3O. The smallest absolute Gasteiger partial charge is 0.272 e. The van der Waals surface area contributed by atoms with E-state index in [1.807, 2.05) is 31.3 Å². The van der Waals surface area contributed by atoms with Crippen molar-refractivity contribution in [1.29, 1.82) is 0 Å². The van der Waals surface area contributed by atoms with Crippen LogP contribution in [-0.2, 0) is 7.05 Å². The Labute approximate surface area is 124 Å². The quantitative estimate of drug-likeness (QED) is 0.879. The summed E-state index contributed by atoms with van der Waals surface area (Å²) in [6.45, 7) is 2.06. The van der Waals surface area contributed by atoms with Gasteiger partial charge in [0.2, 0.25) is 0 Å². The van der Waals surface area contributed by atoms with Gasteiger partial charge in [0, 0.05) is 18.5 Å². The van der Waals surface area contributed by atoms with Gasteiger partial charge in [-0.05, 0) is 38.7 Å². The Balaban J connectivity index is 1.82. The lowest BCUT2D eigenvalue weighted by molar-refractivity contribution is 0.0940. The highest BCUT2D eigenvalue weighted by Gasteiger charge is 2.19. The number of hydrogen-bond acceptors (Lipinski definition) is 2. The highest BCUT2D eigenvalue weighted by Crippen LogP contribution is 2.21. The summed E-state index contributed by atoms with van der Waals surface area (Å²) in [5.41, 5.74) is 2.83. The first-order valence-corrected chi connectivity index (χ1v) is 7.58. The monoisotopic (exact) mass is 283 g/mol. The zero-order valence-electron chi connectivity index (χ0n) is 12.6. The number of nitrogens with one attached hydrogen (secondary N) is 1. The van der Waals surface area contributed by atoms with Gasteiger partial charge in [-0.1, -0.05) is 29.8 Å². The van der Waals surface area contributed by atoms with Crippen molar-refractivity contribution >= 4 is 16.8 Å². The molecule has 1 N–H and O–H groups in total. The lowest BCUT2D eigenvalue weighted by atomic mass is 9.94. The number of aryl methyl sites for hydroxylation is 1. The number of para-hydroxylation sites is 1. The third kappa shape index (κ3) is 2.71. The highest BCUT2D eigenvalue weighted by molar-refractivity contribution is 6.05. The third-order valence-corrected chi connectivity index (χ3v) is 4.20. The second-order valence-corrected chi connectivity index (χ2v) is 5.71. The topological polar surface area (TPSA) is 46.9 Å². The minimum Gasteiger partial charge on any atom is -0.344 e. The number of fused-ring (bicyclic) bond motifs is 1. The first-order valence-electron chi connectivity index (χ1n) is 7.58. The van der Waals surface area contributed by atoms with Crippen LogP contribution in [0.2, 0.25) is 0 Å². The van der Waals surface area contributed by atoms with Gasteiger partial charge in [-0.2, -0.15) is 5.10 Å². The molecule has 1 atom stereocenters. The molecule has 1 aliphatic carbocycles. The Bertz CT molecular complexity index is 699. The van der Waals surface area contributed by atoms with Crippen LogP contribution < -0.4 is 5.32 Å². The first-order chi connectivity index (χ1) is 10.2. The molecule has 0 radical (unpaired) electrons. The molecule has 0 saturated carbocycles. The van der Waals surface area contributed by atoms with Gasteiger partial charge in [-0.15, -0.1) is 0 Å². The Hall–Kier alpha value is -2.10. The van der Waals surface area contributed by atoms with E-state index in [1.54, 1.807) is 4.68 Å². The maximum Gasteiger partial charge on any atom is 0.272 e. The summed E-state index contributed by atoms with van der Waals surface area (Å²) in [6.07, 6.45) is 6.96. The summed E-state index contributed by atoms with van der Waals surface area (Å²) in [6, 6.07) is 7.90. The van der Waals surface area contributed by atoms with E-state index in [-0.39, 0.29) is 11.9 Å². The molecule has 1 amide bonds. The third-order valence-electron chi connectivity index (χ3n) is 4.20. The number of carbonyl (C=O) groups is 1. The zero-order chi connectivity index (χ0) is 14.8. The van der Waals surface area contributed by atoms with Crippen molar-refractivity contribution in [2.75, 3.05) is 0 Å². The number of allylic oxidation sites excluding steroid dienone is 1. The Morgan fingerprint density at radius 3 is 2.90 bits per heavy atom. The summed E-state index contributed by atoms with van der Waals surface area (Å²) in [5, 5.41) is 8.37. The van der Waals surface area contributed by atoms with Crippen LogP contribution in [0.1, 0.15) is 43.1 Å². The summed E-state index contributed by atoms with van der Waals surface area (Å²) < 4.78 is 1.76. The molecule has 0 fully saturated rings. The average molecular weight is 283 g/mol. The number of hydrogen-bond donors (Lipinski definition) is 1. The van der Waals surface area contributed by atoms with Crippen molar-refractivity contribution in [2.24, 2.45) is 7.05 Å². The molecule has 21 heavy (non-hydrogen) atoms. The van der Waals surface area contributed by atoms with E-state index in [0.29, 0.717) is 5.69 Å². The molecule has 0 spiro atoms. The van der Waals surface area contributed by atoms with E-state index in [9.17, 15) is 4.79 Å². The van der Waals surface area contributed by atoms with Gasteiger partial charge in [-0.3, -0.25) is 9.48 Å². The van der Waals surface area contributed by atoms with Gasteiger partial charge in [0.05, 0.1) is 5.52 Å². The van der Waals surface area contributed by atoms with Crippen molar-refractivity contribution in [3.63, 3.8) is 0 Å². The van der Waals surface area contributed by atoms with Crippen molar-refractivity contribution < 1.29 is 4.79 Å².